The van der Waals surface area contributed by atoms with Gasteiger partial charge in [-0.2, -0.15) is 0 Å². The monoisotopic (exact) mass is 371 g/mol. The SMILES string of the molecule is COc1cccc(/C=N/c2nc3ccccc3n2Cc2ccccc2)c1OC. The molecule has 0 bridgehead atoms. The number of methoxy groups -OCH3 is 2. The molecule has 4 rings (SSSR count). The molecule has 0 aliphatic heterocycles. The first kappa shape index (κ1) is 17.8. The lowest BCUT2D eigenvalue weighted by Gasteiger charge is -2.10. The highest BCUT2D eigenvalue weighted by molar-refractivity contribution is 5.87. The molecular weight excluding hydrogens is 350 g/mol. The Kier molecular flexibility index (Phi) is 5.06. The second kappa shape index (κ2) is 7.96. The van der Waals surface area contributed by atoms with E-state index in [1.807, 2.05) is 54.6 Å². The van der Waals surface area contributed by atoms with Gasteiger partial charge in [0.1, 0.15) is 0 Å². The summed E-state index contributed by atoms with van der Waals surface area (Å²) in [5.41, 5.74) is 4.00. The number of imidazole rings is 1. The van der Waals surface area contributed by atoms with E-state index in [9.17, 15) is 0 Å². The maximum absolute atomic E-state index is 5.50. The predicted molar refractivity (Wildman–Crippen MR) is 112 cm³/mol. The predicted octanol–water partition coefficient (Wildman–Crippen LogP) is 4.85. The zero-order valence-electron chi connectivity index (χ0n) is 15.9. The van der Waals surface area contributed by atoms with Crippen molar-refractivity contribution in [1.29, 1.82) is 0 Å². The summed E-state index contributed by atoms with van der Waals surface area (Å²) in [6, 6.07) is 24.1. The quantitative estimate of drug-likeness (QED) is 0.455. The summed E-state index contributed by atoms with van der Waals surface area (Å²) < 4.78 is 13.0. The normalized spacial score (nSPS) is 11.2. The van der Waals surface area contributed by atoms with Crippen LogP contribution in [0.1, 0.15) is 11.1 Å². The standard InChI is InChI=1S/C23H21N3O2/c1-27-21-14-8-11-18(22(21)28-2)15-24-23-25-19-12-6-7-13-20(19)26(23)16-17-9-4-3-5-10-17/h3-15H,16H2,1-2H3/b24-15+. The molecule has 0 spiro atoms. The van der Waals surface area contributed by atoms with Crippen molar-refractivity contribution in [3.05, 3.63) is 83.9 Å². The molecule has 140 valence electrons. The summed E-state index contributed by atoms with van der Waals surface area (Å²) in [5, 5.41) is 0. The lowest BCUT2D eigenvalue weighted by molar-refractivity contribution is 0.354. The van der Waals surface area contributed by atoms with Gasteiger partial charge in [-0.1, -0.05) is 48.5 Å². The number of fused-ring (bicyclic) bond motifs is 1. The van der Waals surface area contributed by atoms with Crippen LogP contribution in [0.5, 0.6) is 11.5 Å². The van der Waals surface area contributed by atoms with E-state index in [4.69, 9.17) is 14.5 Å². The summed E-state index contributed by atoms with van der Waals surface area (Å²) in [6.07, 6.45) is 1.77. The van der Waals surface area contributed by atoms with Crippen molar-refractivity contribution in [1.82, 2.24) is 9.55 Å². The van der Waals surface area contributed by atoms with E-state index in [0.29, 0.717) is 24.0 Å². The smallest absolute Gasteiger partial charge is 0.230 e. The molecule has 5 heteroatoms. The molecular formula is C23H21N3O2. The highest BCUT2D eigenvalue weighted by Gasteiger charge is 2.11. The van der Waals surface area contributed by atoms with Crippen LogP contribution in [-0.4, -0.2) is 30.0 Å². The Morgan fingerprint density at radius 2 is 1.68 bits per heavy atom. The second-order valence-corrected chi connectivity index (χ2v) is 6.31. The molecule has 0 aliphatic carbocycles. The highest BCUT2D eigenvalue weighted by atomic mass is 16.5. The fourth-order valence-corrected chi connectivity index (χ4v) is 3.22. The lowest BCUT2D eigenvalue weighted by atomic mass is 10.2. The number of aromatic nitrogens is 2. The molecule has 28 heavy (non-hydrogen) atoms. The lowest BCUT2D eigenvalue weighted by Crippen LogP contribution is -1.99. The van der Waals surface area contributed by atoms with Gasteiger partial charge in [0.2, 0.25) is 5.95 Å². The molecule has 0 atom stereocenters. The minimum Gasteiger partial charge on any atom is -0.493 e. The maximum atomic E-state index is 5.50. The van der Waals surface area contributed by atoms with Crippen molar-refractivity contribution in [3.8, 4) is 11.5 Å². The first-order chi connectivity index (χ1) is 13.8. The molecule has 0 aliphatic rings. The third-order valence-corrected chi connectivity index (χ3v) is 4.57. The fraction of sp³-hybridized carbons (Fsp3) is 0.130. The maximum Gasteiger partial charge on any atom is 0.230 e. The van der Waals surface area contributed by atoms with Gasteiger partial charge in [0.25, 0.3) is 0 Å². The van der Waals surface area contributed by atoms with Crippen molar-refractivity contribution < 1.29 is 9.47 Å². The van der Waals surface area contributed by atoms with Gasteiger partial charge in [-0.05, 0) is 29.8 Å². The molecule has 5 nitrogen and oxygen atoms in total. The number of rotatable bonds is 6. The Balaban J connectivity index is 1.77. The molecule has 0 N–H and O–H groups in total. The molecule has 3 aromatic carbocycles. The van der Waals surface area contributed by atoms with Gasteiger partial charge in [-0.15, -0.1) is 0 Å². The summed E-state index contributed by atoms with van der Waals surface area (Å²) in [7, 11) is 3.25. The first-order valence-electron chi connectivity index (χ1n) is 9.04. The van der Waals surface area contributed by atoms with Crippen molar-refractivity contribution in [2.24, 2.45) is 4.99 Å². The van der Waals surface area contributed by atoms with Crippen molar-refractivity contribution >= 4 is 23.2 Å². The van der Waals surface area contributed by atoms with Gasteiger partial charge in [0, 0.05) is 11.8 Å². The van der Waals surface area contributed by atoms with Crippen molar-refractivity contribution in [3.63, 3.8) is 0 Å². The van der Waals surface area contributed by atoms with Crippen LogP contribution in [-0.2, 0) is 6.54 Å². The van der Waals surface area contributed by atoms with E-state index in [-0.39, 0.29) is 0 Å². The highest BCUT2D eigenvalue weighted by Crippen LogP contribution is 2.30. The fourth-order valence-electron chi connectivity index (χ4n) is 3.22. The Morgan fingerprint density at radius 1 is 0.893 bits per heavy atom. The second-order valence-electron chi connectivity index (χ2n) is 6.31. The van der Waals surface area contributed by atoms with Crippen LogP contribution < -0.4 is 9.47 Å². The zero-order chi connectivity index (χ0) is 19.3. The van der Waals surface area contributed by atoms with Gasteiger partial charge in [-0.3, -0.25) is 0 Å². The minimum atomic E-state index is 0.648. The van der Waals surface area contributed by atoms with E-state index in [1.165, 1.54) is 5.56 Å². The number of hydrogen-bond donors (Lipinski definition) is 0. The molecule has 0 saturated heterocycles. The molecule has 0 saturated carbocycles. The number of hydrogen-bond acceptors (Lipinski definition) is 4. The Bertz CT molecular complexity index is 1120. The average molecular weight is 371 g/mol. The molecule has 0 unspecified atom stereocenters. The molecule has 0 radical (unpaired) electrons. The van der Waals surface area contributed by atoms with Crippen LogP contribution in [0.3, 0.4) is 0 Å². The Morgan fingerprint density at radius 3 is 2.46 bits per heavy atom. The number of aliphatic imine (C=N–C) groups is 1. The number of nitrogens with zero attached hydrogens (tertiary/aromatic N) is 3. The average Bonchev–Trinajstić information content (AvgIpc) is 3.10. The van der Waals surface area contributed by atoms with Crippen molar-refractivity contribution in [2.45, 2.75) is 6.54 Å². The molecule has 1 aromatic heterocycles. The van der Waals surface area contributed by atoms with Gasteiger partial charge < -0.3 is 14.0 Å². The molecule has 1 heterocycles. The minimum absolute atomic E-state index is 0.648. The number of ether oxygens (including phenoxy) is 2. The third kappa shape index (κ3) is 3.47. The topological polar surface area (TPSA) is 48.6 Å². The molecule has 4 aromatic rings. The van der Waals surface area contributed by atoms with E-state index in [2.05, 4.69) is 27.8 Å². The molecule has 0 amide bonds. The van der Waals surface area contributed by atoms with E-state index < -0.39 is 0 Å². The Hall–Kier alpha value is -3.60. The summed E-state index contributed by atoms with van der Waals surface area (Å²) in [6.45, 7) is 0.698. The first-order valence-corrected chi connectivity index (χ1v) is 9.04. The zero-order valence-corrected chi connectivity index (χ0v) is 15.9. The van der Waals surface area contributed by atoms with E-state index >= 15 is 0 Å². The Labute approximate surface area is 163 Å². The summed E-state index contributed by atoms with van der Waals surface area (Å²) >= 11 is 0. The number of para-hydroxylation sites is 3. The summed E-state index contributed by atoms with van der Waals surface area (Å²) in [4.78, 5) is 9.40. The summed E-state index contributed by atoms with van der Waals surface area (Å²) in [5.74, 6) is 1.97. The third-order valence-electron chi connectivity index (χ3n) is 4.57. The van der Waals surface area contributed by atoms with Crippen LogP contribution in [0.15, 0.2) is 77.8 Å². The van der Waals surface area contributed by atoms with Crippen LogP contribution in [0, 0.1) is 0 Å². The van der Waals surface area contributed by atoms with Gasteiger partial charge in [0.05, 0.1) is 31.8 Å². The van der Waals surface area contributed by atoms with Crippen molar-refractivity contribution in [2.75, 3.05) is 14.2 Å². The van der Waals surface area contributed by atoms with Crippen LogP contribution >= 0.6 is 0 Å². The van der Waals surface area contributed by atoms with Crippen LogP contribution in [0.2, 0.25) is 0 Å². The van der Waals surface area contributed by atoms with Gasteiger partial charge in [-0.25, -0.2) is 9.98 Å². The van der Waals surface area contributed by atoms with E-state index in [1.54, 1.807) is 20.4 Å². The number of benzene rings is 3. The van der Waals surface area contributed by atoms with Crippen LogP contribution in [0.4, 0.5) is 5.95 Å². The van der Waals surface area contributed by atoms with Gasteiger partial charge >= 0.3 is 0 Å². The van der Waals surface area contributed by atoms with Crippen LogP contribution in [0.25, 0.3) is 11.0 Å². The van der Waals surface area contributed by atoms with E-state index in [0.717, 1.165) is 16.6 Å². The largest absolute Gasteiger partial charge is 0.493 e. The molecule has 0 fully saturated rings. The van der Waals surface area contributed by atoms with Gasteiger partial charge in [0.15, 0.2) is 11.5 Å².